The molecule has 0 saturated carbocycles. The van der Waals surface area contributed by atoms with Crippen molar-refractivity contribution in [2.45, 2.75) is 39.7 Å². The van der Waals surface area contributed by atoms with Gasteiger partial charge < -0.3 is 15.5 Å². The predicted octanol–water partition coefficient (Wildman–Crippen LogP) is 2.34. The third-order valence-corrected chi connectivity index (χ3v) is 2.65. The van der Waals surface area contributed by atoms with Crippen molar-refractivity contribution in [1.82, 2.24) is 15.0 Å². The van der Waals surface area contributed by atoms with E-state index in [4.69, 9.17) is 10.2 Å². The molecule has 0 aliphatic carbocycles. The van der Waals surface area contributed by atoms with E-state index in [2.05, 4.69) is 20.3 Å². The second-order valence-corrected chi connectivity index (χ2v) is 4.62. The van der Waals surface area contributed by atoms with Gasteiger partial charge in [0.25, 0.3) is 0 Å². The molecular formula is C13H19N5O. The van der Waals surface area contributed by atoms with Gasteiger partial charge in [-0.15, -0.1) is 0 Å². The van der Waals surface area contributed by atoms with Gasteiger partial charge in [-0.05, 0) is 0 Å². The van der Waals surface area contributed by atoms with Crippen LogP contribution in [-0.2, 0) is 13.0 Å². The summed E-state index contributed by atoms with van der Waals surface area (Å²) in [6.45, 7) is 6.56. The summed E-state index contributed by atoms with van der Waals surface area (Å²) in [4.78, 5) is 12.8. The Balaban J connectivity index is 2.06. The fraction of sp³-hybridized carbons (Fsp3) is 0.462. The summed E-state index contributed by atoms with van der Waals surface area (Å²) in [5.74, 6) is 3.62. The highest BCUT2D eigenvalue weighted by Gasteiger charge is 2.07. The second kappa shape index (κ2) is 5.69. The molecule has 0 fully saturated rings. The van der Waals surface area contributed by atoms with E-state index in [-0.39, 0.29) is 5.92 Å². The molecule has 0 saturated heterocycles. The zero-order chi connectivity index (χ0) is 13.8. The lowest BCUT2D eigenvalue weighted by Crippen LogP contribution is -2.07. The molecule has 2 aromatic rings. The Morgan fingerprint density at radius 2 is 2.16 bits per heavy atom. The zero-order valence-electron chi connectivity index (χ0n) is 11.5. The highest BCUT2D eigenvalue weighted by atomic mass is 16.4. The van der Waals surface area contributed by atoms with Crippen molar-refractivity contribution in [2.24, 2.45) is 0 Å². The average molecular weight is 261 g/mol. The number of nitrogens with one attached hydrogen (secondary N) is 1. The molecule has 6 nitrogen and oxygen atoms in total. The Hall–Kier alpha value is -2.11. The molecule has 0 radical (unpaired) electrons. The molecule has 0 bridgehead atoms. The number of hydrogen-bond donors (Lipinski definition) is 2. The van der Waals surface area contributed by atoms with Crippen LogP contribution in [0.15, 0.2) is 16.7 Å². The number of anilines is 2. The van der Waals surface area contributed by atoms with Crippen LogP contribution in [0.2, 0.25) is 0 Å². The van der Waals surface area contributed by atoms with Crippen LogP contribution in [0.1, 0.15) is 44.2 Å². The van der Waals surface area contributed by atoms with Crippen molar-refractivity contribution in [3.63, 3.8) is 0 Å². The van der Waals surface area contributed by atoms with Gasteiger partial charge in [0.05, 0.1) is 12.7 Å². The lowest BCUT2D eigenvalue weighted by atomic mass is 10.2. The molecule has 19 heavy (non-hydrogen) atoms. The van der Waals surface area contributed by atoms with Gasteiger partial charge in [-0.1, -0.05) is 20.8 Å². The maximum absolute atomic E-state index is 5.76. The fourth-order valence-electron chi connectivity index (χ4n) is 1.59. The number of aryl methyl sites for hydroxylation is 1. The molecule has 0 spiro atoms. The van der Waals surface area contributed by atoms with Gasteiger partial charge in [-0.2, -0.15) is 0 Å². The molecule has 102 valence electrons. The number of rotatable bonds is 5. The monoisotopic (exact) mass is 261 g/mol. The molecule has 0 aliphatic heterocycles. The largest absolute Gasteiger partial charge is 0.444 e. The van der Waals surface area contributed by atoms with Crippen LogP contribution in [0.4, 0.5) is 11.6 Å². The average Bonchev–Trinajstić information content (AvgIpc) is 2.83. The predicted molar refractivity (Wildman–Crippen MR) is 73.7 cm³/mol. The fourth-order valence-corrected chi connectivity index (χ4v) is 1.59. The minimum absolute atomic E-state index is 0.234. The van der Waals surface area contributed by atoms with E-state index in [0.29, 0.717) is 24.1 Å². The number of aromatic nitrogens is 3. The standard InChI is InChI=1S/C13H19N5O/c1-4-9-6-16-12(19-9)7-15-11-5-10(14)17-13(18-11)8(2)3/h5-6,8H,4,7H2,1-3H3,(H3,14,15,17,18). The van der Waals surface area contributed by atoms with Crippen LogP contribution >= 0.6 is 0 Å². The zero-order valence-corrected chi connectivity index (χ0v) is 11.5. The number of nitrogen functional groups attached to an aromatic ring is 1. The summed E-state index contributed by atoms with van der Waals surface area (Å²) < 4.78 is 5.51. The summed E-state index contributed by atoms with van der Waals surface area (Å²) >= 11 is 0. The van der Waals surface area contributed by atoms with Crippen LogP contribution < -0.4 is 11.1 Å². The van der Waals surface area contributed by atoms with Gasteiger partial charge in [0.1, 0.15) is 23.2 Å². The molecule has 0 atom stereocenters. The first kappa shape index (κ1) is 13.3. The molecule has 0 aromatic carbocycles. The number of hydrogen-bond acceptors (Lipinski definition) is 6. The summed E-state index contributed by atoms with van der Waals surface area (Å²) in [5, 5.41) is 3.15. The first-order valence-electron chi connectivity index (χ1n) is 6.40. The Kier molecular flexibility index (Phi) is 3.99. The van der Waals surface area contributed by atoms with Gasteiger partial charge in [0.2, 0.25) is 5.89 Å². The van der Waals surface area contributed by atoms with Crippen molar-refractivity contribution in [3.05, 3.63) is 29.7 Å². The minimum atomic E-state index is 0.234. The van der Waals surface area contributed by atoms with E-state index >= 15 is 0 Å². The van der Waals surface area contributed by atoms with Crippen molar-refractivity contribution < 1.29 is 4.42 Å². The minimum Gasteiger partial charge on any atom is -0.444 e. The van der Waals surface area contributed by atoms with Gasteiger partial charge in [0, 0.05) is 18.4 Å². The van der Waals surface area contributed by atoms with Crippen LogP contribution in [0.3, 0.4) is 0 Å². The molecule has 2 heterocycles. The van der Waals surface area contributed by atoms with E-state index in [9.17, 15) is 0 Å². The lowest BCUT2D eigenvalue weighted by molar-refractivity contribution is 0.465. The Bertz CT molecular complexity index is 550. The Morgan fingerprint density at radius 3 is 2.79 bits per heavy atom. The molecule has 0 aliphatic rings. The molecule has 2 aromatic heterocycles. The molecule has 2 rings (SSSR count). The summed E-state index contributed by atoms with van der Waals surface area (Å²) in [7, 11) is 0. The third kappa shape index (κ3) is 3.43. The first-order chi connectivity index (χ1) is 9.08. The first-order valence-corrected chi connectivity index (χ1v) is 6.40. The number of oxazole rings is 1. The summed E-state index contributed by atoms with van der Waals surface area (Å²) in [6, 6.07) is 1.70. The van der Waals surface area contributed by atoms with E-state index in [0.717, 1.165) is 18.0 Å². The lowest BCUT2D eigenvalue weighted by Gasteiger charge is -2.08. The molecule has 3 N–H and O–H groups in total. The van der Waals surface area contributed by atoms with Crippen LogP contribution in [-0.4, -0.2) is 15.0 Å². The molecule has 6 heteroatoms. The second-order valence-electron chi connectivity index (χ2n) is 4.62. The number of nitrogens with two attached hydrogens (primary N) is 1. The van der Waals surface area contributed by atoms with Crippen molar-refractivity contribution in [1.29, 1.82) is 0 Å². The highest BCUT2D eigenvalue weighted by molar-refractivity contribution is 5.44. The summed E-state index contributed by atoms with van der Waals surface area (Å²) in [6.07, 6.45) is 2.58. The molecular weight excluding hydrogens is 242 g/mol. The topological polar surface area (TPSA) is 89.9 Å². The van der Waals surface area contributed by atoms with Crippen molar-refractivity contribution in [3.8, 4) is 0 Å². The summed E-state index contributed by atoms with van der Waals surface area (Å²) in [5.41, 5.74) is 5.76. The molecule has 0 unspecified atom stereocenters. The maximum atomic E-state index is 5.76. The van der Waals surface area contributed by atoms with Gasteiger partial charge >= 0.3 is 0 Å². The SMILES string of the molecule is CCc1cnc(CNc2cc(N)nc(C(C)C)n2)o1. The highest BCUT2D eigenvalue weighted by Crippen LogP contribution is 2.15. The van der Waals surface area contributed by atoms with Crippen LogP contribution in [0.5, 0.6) is 0 Å². The van der Waals surface area contributed by atoms with Gasteiger partial charge in [-0.25, -0.2) is 15.0 Å². The normalized spacial score (nSPS) is 10.9. The Labute approximate surface area is 112 Å². The van der Waals surface area contributed by atoms with Crippen LogP contribution in [0.25, 0.3) is 0 Å². The van der Waals surface area contributed by atoms with E-state index in [1.165, 1.54) is 0 Å². The quantitative estimate of drug-likeness (QED) is 0.858. The van der Waals surface area contributed by atoms with Gasteiger partial charge in [-0.3, -0.25) is 0 Å². The smallest absolute Gasteiger partial charge is 0.213 e. The van der Waals surface area contributed by atoms with E-state index in [1.807, 2.05) is 20.8 Å². The van der Waals surface area contributed by atoms with Gasteiger partial charge in [0.15, 0.2) is 0 Å². The number of nitrogens with zero attached hydrogens (tertiary/aromatic N) is 3. The van der Waals surface area contributed by atoms with Crippen molar-refractivity contribution >= 4 is 11.6 Å². The third-order valence-electron chi connectivity index (χ3n) is 2.65. The van der Waals surface area contributed by atoms with E-state index < -0.39 is 0 Å². The van der Waals surface area contributed by atoms with E-state index in [1.54, 1.807) is 12.3 Å². The maximum Gasteiger partial charge on any atom is 0.213 e. The van der Waals surface area contributed by atoms with Crippen molar-refractivity contribution in [2.75, 3.05) is 11.1 Å². The molecule has 0 amide bonds. The van der Waals surface area contributed by atoms with Crippen LogP contribution in [0, 0.1) is 0 Å². The Morgan fingerprint density at radius 1 is 1.37 bits per heavy atom.